The van der Waals surface area contributed by atoms with Gasteiger partial charge in [0.1, 0.15) is 5.76 Å². The number of hydrogen-bond donors (Lipinski definition) is 1. The number of carbonyl (C=O) groups excluding carboxylic acids is 1. The molecule has 31 heavy (non-hydrogen) atoms. The van der Waals surface area contributed by atoms with Gasteiger partial charge in [0.15, 0.2) is 16.8 Å². The summed E-state index contributed by atoms with van der Waals surface area (Å²) in [7, 11) is 0. The van der Waals surface area contributed by atoms with E-state index in [0.29, 0.717) is 34.1 Å². The van der Waals surface area contributed by atoms with Crippen LogP contribution >= 0.6 is 23.4 Å². The Balaban J connectivity index is 1.62. The molecule has 9 heteroatoms. The Morgan fingerprint density at radius 2 is 1.90 bits per heavy atom. The Morgan fingerprint density at radius 3 is 2.61 bits per heavy atom. The lowest BCUT2D eigenvalue weighted by Gasteiger charge is -2.14. The van der Waals surface area contributed by atoms with Crippen LogP contribution in [0.4, 0.5) is 5.82 Å². The Hall–Kier alpha value is -3.10. The van der Waals surface area contributed by atoms with Crippen LogP contribution in [0.3, 0.4) is 0 Å². The van der Waals surface area contributed by atoms with E-state index in [-0.39, 0.29) is 5.91 Å². The fourth-order valence-corrected chi connectivity index (χ4v) is 4.06. The van der Waals surface area contributed by atoms with Crippen LogP contribution in [0.2, 0.25) is 5.02 Å². The van der Waals surface area contributed by atoms with Gasteiger partial charge in [-0.3, -0.25) is 9.36 Å². The zero-order valence-electron chi connectivity index (χ0n) is 16.9. The lowest BCUT2D eigenvalue weighted by atomic mass is 10.2. The van der Waals surface area contributed by atoms with Gasteiger partial charge in [-0.25, -0.2) is 0 Å². The monoisotopic (exact) mass is 453 g/mol. The van der Waals surface area contributed by atoms with Crippen molar-refractivity contribution in [2.45, 2.75) is 30.8 Å². The van der Waals surface area contributed by atoms with Gasteiger partial charge in [-0.2, -0.15) is 0 Å². The summed E-state index contributed by atoms with van der Waals surface area (Å²) in [4.78, 5) is 12.6. The highest BCUT2D eigenvalue weighted by molar-refractivity contribution is 8.00. The number of halogens is 1. The number of hydrogen-bond acceptors (Lipinski definition) is 6. The van der Waals surface area contributed by atoms with E-state index in [1.54, 1.807) is 13.0 Å². The van der Waals surface area contributed by atoms with E-state index in [1.165, 1.54) is 11.8 Å². The highest BCUT2D eigenvalue weighted by atomic mass is 35.5. The second-order valence-corrected chi connectivity index (χ2v) is 8.65. The molecule has 1 unspecified atom stereocenters. The minimum absolute atomic E-state index is 0.202. The normalized spacial score (nSPS) is 12.0. The molecule has 0 bridgehead atoms. The molecule has 7 nitrogen and oxygen atoms in total. The molecule has 4 aromatic rings. The van der Waals surface area contributed by atoms with Crippen LogP contribution in [0.5, 0.6) is 0 Å². The summed E-state index contributed by atoms with van der Waals surface area (Å²) in [6.07, 6.45) is 0. The zero-order chi connectivity index (χ0) is 21.8. The first-order chi connectivity index (χ1) is 15.0. The number of benzene rings is 2. The summed E-state index contributed by atoms with van der Waals surface area (Å²) in [5, 5.41) is 16.1. The fraction of sp³-hybridized carbons (Fsp3) is 0.182. The molecule has 2 heterocycles. The first-order valence-corrected chi connectivity index (χ1v) is 10.9. The van der Waals surface area contributed by atoms with Gasteiger partial charge in [-0.1, -0.05) is 71.0 Å². The first-order valence-electron chi connectivity index (χ1n) is 9.64. The van der Waals surface area contributed by atoms with E-state index in [2.05, 4.69) is 20.7 Å². The van der Waals surface area contributed by atoms with E-state index >= 15 is 0 Å². The molecule has 0 spiro atoms. The molecule has 4 rings (SSSR count). The van der Waals surface area contributed by atoms with E-state index in [9.17, 15) is 4.79 Å². The molecule has 1 amide bonds. The smallest absolute Gasteiger partial charge is 0.238 e. The SMILES string of the molecule is Cc1cc(NC(=O)C(C)Sc2nnc(-c3ccccc3Cl)n2Cc2ccccc2)no1. The quantitative estimate of drug-likeness (QED) is 0.393. The molecule has 1 atom stereocenters. The number of aryl methyl sites for hydroxylation is 1. The zero-order valence-corrected chi connectivity index (χ0v) is 18.5. The van der Waals surface area contributed by atoms with Crippen molar-refractivity contribution in [2.24, 2.45) is 0 Å². The van der Waals surface area contributed by atoms with Crippen LogP contribution in [0.25, 0.3) is 11.4 Å². The van der Waals surface area contributed by atoms with E-state index in [0.717, 1.165) is 11.1 Å². The Morgan fingerprint density at radius 1 is 1.16 bits per heavy atom. The van der Waals surface area contributed by atoms with E-state index < -0.39 is 5.25 Å². The van der Waals surface area contributed by atoms with Gasteiger partial charge < -0.3 is 9.84 Å². The summed E-state index contributed by atoms with van der Waals surface area (Å²) >= 11 is 7.74. The lowest BCUT2D eigenvalue weighted by molar-refractivity contribution is -0.115. The van der Waals surface area contributed by atoms with Gasteiger partial charge in [-0.05, 0) is 31.5 Å². The predicted octanol–water partition coefficient (Wildman–Crippen LogP) is 5.06. The van der Waals surface area contributed by atoms with Crippen molar-refractivity contribution in [3.63, 3.8) is 0 Å². The van der Waals surface area contributed by atoms with Gasteiger partial charge in [0.05, 0.1) is 16.8 Å². The predicted molar refractivity (Wildman–Crippen MR) is 121 cm³/mol. The van der Waals surface area contributed by atoms with Crippen LogP contribution in [0.1, 0.15) is 18.2 Å². The maximum Gasteiger partial charge on any atom is 0.238 e. The Kier molecular flexibility index (Phi) is 6.39. The molecule has 0 saturated carbocycles. The molecule has 0 saturated heterocycles. The summed E-state index contributed by atoms with van der Waals surface area (Å²) in [5.41, 5.74) is 1.88. The fourth-order valence-electron chi connectivity index (χ4n) is 2.99. The number of rotatable bonds is 7. The van der Waals surface area contributed by atoms with Crippen molar-refractivity contribution in [3.05, 3.63) is 77.0 Å². The third kappa shape index (κ3) is 4.98. The van der Waals surface area contributed by atoms with Gasteiger partial charge >= 0.3 is 0 Å². The molecular weight excluding hydrogens is 434 g/mol. The average Bonchev–Trinajstić information content (AvgIpc) is 3.35. The number of thioether (sulfide) groups is 1. The second kappa shape index (κ2) is 9.36. The molecule has 0 aliphatic rings. The van der Waals surface area contributed by atoms with Crippen molar-refractivity contribution in [1.82, 2.24) is 19.9 Å². The maximum atomic E-state index is 12.6. The van der Waals surface area contributed by atoms with Crippen LogP contribution < -0.4 is 5.32 Å². The summed E-state index contributed by atoms with van der Waals surface area (Å²) in [6, 6.07) is 19.2. The van der Waals surface area contributed by atoms with Crippen LogP contribution in [-0.4, -0.2) is 31.1 Å². The standard InChI is InChI=1S/C22H20ClN5O2S/c1-14-12-19(27-30-14)24-21(29)15(2)31-22-26-25-20(17-10-6-7-11-18(17)23)28(22)13-16-8-4-3-5-9-16/h3-12,15H,13H2,1-2H3,(H,24,27,29). The van der Waals surface area contributed by atoms with Crippen LogP contribution in [-0.2, 0) is 11.3 Å². The average molecular weight is 454 g/mol. The molecular formula is C22H20ClN5O2S. The maximum absolute atomic E-state index is 12.6. The van der Waals surface area contributed by atoms with Crippen molar-refractivity contribution in [1.29, 1.82) is 0 Å². The number of amides is 1. The molecule has 0 aliphatic carbocycles. The van der Waals surface area contributed by atoms with Crippen molar-refractivity contribution in [2.75, 3.05) is 5.32 Å². The van der Waals surface area contributed by atoms with Crippen LogP contribution in [0, 0.1) is 6.92 Å². The van der Waals surface area contributed by atoms with Crippen molar-refractivity contribution >= 4 is 35.1 Å². The highest BCUT2D eigenvalue weighted by Crippen LogP contribution is 2.31. The molecule has 1 N–H and O–H groups in total. The van der Waals surface area contributed by atoms with E-state index in [4.69, 9.17) is 16.1 Å². The Labute approximate surface area is 188 Å². The number of aromatic nitrogens is 4. The first kappa shape index (κ1) is 21.1. The minimum Gasteiger partial charge on any atom is -0.360 e. The lowest BCUT2D eigenvalue weighted by Crippen LogP contribution is -2.23. The highest BCUT2D eigenvalue weighted by Gasteiger charge is 2.22. The summed E-state index contributed by atoms with van der Waals surface area (Å²) in [5.74, 6) is 1.46. The summed E-state index contributed by atoms with van der Waals surface area (Å²) in [6.45, 7) is 4.13. The van der Waals surface area contributed by atoms with Gasteiger partial charge in [-0.15, -0.1) is 10.2 Å². The third-order valence-electron chi connectivity index (χ3n) is 4.55. The topological polar surface area (TPSA) is 85.8 Å². The van der Waals surface area contributed by atoms with Crippen LogP contribution in [0.15, 0.2) is 70.3 Å². The van der Waals surface area contributed by atoms with E-state index in [1.807, 2.05) is 66.1 Å². The van der Waals surface area contributed by atoms with Crippen molar-refractivity contribution in [3.8, 4) is 11.4 Å². The number of nitrogens with one attached hydrogen (secondary N) is 1. The molecule has 2 aromatic carbocycles. The second-order valence-electron chi connectivity index (χ2n) is 6.93. The largest absolute Gasteiger partial charge is 0.360 e. The molecule has 158 valence electrons. The Bertz CT molecular complexity index is 1190. The third-order valence-corrected chi connectivity index (χ3v) is 5.96. The number of nitrogens with zero attached hydrogens (tertiary/aromatic N) is 4. The minimum atomic E-state index is -0.435. The van der Waals surface area contributed by atoms with Gasteiger partial charge in [0.2, 0.25) is 5.91 Å². The van der Waals surface area contributed by atoms with Gasteiger partial charge in [0, 0.05) is 11.6 Å². The molecule has 0 fully saturated rings. The number of carbonyl (C=O) groups is 1. The number of anilines is 1. The molecule has 2 aromatic heterocycles. The summed E-state index contributed by atoms with van der Waals surface area (Å²) < 4.78 is 6.98. The molecule has 0 radical (unpaired) electrons. The molecule has 0 aliphatic heterocycles. The van der Waals surface area contributed by atoms with Gasteiger partial charge in [0.25, 0.3) is 0 Å². The van der Waals surface area contributed by atoms with Crippen molar-refractivity contribution < 1.29 is 9.32 Å².